The smallest absolute Gasteiger partial charge is 0.273 e. The molecule has 1 aliphatic carbocycles. The second kappa shape index (κ2) is 7.12. The van der Waals surface area contributed by atoms with Gasteiger partial charge in [-0.3, -0.25) is 4.79 Å². The molecule has 1 saturated carbocycles. The molecule has 8 heteroatoms. The fourth-order valence-corrected chi connectivity index (χ4v) is 4.19. The first-order valence-electron chi connectivity index (χ1n) is 10.6. The Morgan fingerprint density at radius 2 is 2.09 bits per heavy atom. The van der Waals surface area contributed by atoms with Crippen molar-refractivity contribution < 1.29 is 13.7 Å². The highest BCUT2D eigenvalue weighted by Crippen LogP contribution is 2.43. The molecule has 1 fully saturated rings. The Hall–Kier alpha value is -3.81. The summed E-state index contributed by atoms with van der Waals surface area (Å²) in [6, 6.07) is 13.7. The summed E-state index contributed by atoms with van der Waals surface area (Å²) in [7, 11) is 0. The molecule has 160 valence electrons. The monoisotopic (exact) mass is 429 g/mol. The summed E-state index contributed by atoms with van der Waals surface area (Å²) >= 11 is 0. The van der Waals surface area contributed by atoms with E-state index in [0.717, 1.165) is 23.4 Å². The van der Waals surface area contributed by atoms with Crippen LogP contribution < -0.4 is 5.32 Å². The van der Waals surface area contributed by atoms with Crippen LogP contribution in [0.5, 0.6) is 0 Å². The van der Waals surface area contributed by atoms with Crippen LogP contribution in [0.25, 0.3) is 22.8 Å². The SMILES string of the molecule is Cc1ccc(-c2noc([C@H]3C[C@@H]3F)n2)cc1NC(=O)c1cnc2n1CCc1ccccc1-2. The van der Waals surface area contributed by atoms with Crippen LogP contribution in [0.1, 0.15) is 39.8 Å². The summed E-state index contributed by atoms with van der Waals surface area (Å²) in [4.78, 5) is 22.0. The number of rotatable bonds is 4. The quantitative estimate of drug-likeness (QED) is 0.515. The Bertz CT molecular complexity index is 1360. The molecular formula is C24H20FN5O2. The number of hydrogen-bond acceptors (Lipinski definition) is 5. The largest absolute Gasteiger partial charge is 0.339 e. The van der Waals surface area contributed by atoms with E-state index < -0.39 is 6.17 Å². The van der Waals surface area contributed by atoms with Crippen LogP contribution in [0, 0.1) is 6.92 Å². The van der Waals surface area contributed by atoms with E-state index in [4.69, 9.17) is 4.52 Å². The average molecular weight is 429 g/mol. The molecule has 0 radical (unpaired) electrons. The van der Waals surface area contributed by atoms with Gasteiger partial charge in [-0.25, -0.2) is 9.37 Å². The second-order valence-electron chi connectivity index (χ2n) is 8.32. The number of aryl methyl sites for hydroxylation is 2. The molecule has 2 aromatic carbocycles. The molecule has 1 N–H and O–H groups in total. The number of carbonyl (C=O) groups excluding carboxylic acids is 1. The number of fused-ring (bicyclic) bond motifs is 3. The van der Waals surface area contributed by atoms with Gasteiger partial charge in [-0.1, -0.05) is 41.6 Å². The van der Waals surface area contributed by atoms with E-state index in [-0.39, 0.29) is 11.8 Å². The number of carbonyl (C=O) groups is 1. The van der Waals surface area contributed by atoms with E-state index in [9.17, 15) is 9.18 Å². The lowest BCUT2D eigenvalue weighted by atomic mass is 10.0. The highest BCUT2D eigenvalue weighted by Gasteiger charge is 2.43. The van der Waals surface area contributed by atoms with Gasteiger partial charge in [0.1, 0.15) is 17.7 Å². The predicted octanol–water partition coefficient (Wildman–Crippen LogP) is 4.54. The number of amides is 1. The van der Waals surface area contributed by atoms with Crippen molar-refractivity contribution >= 4 is 11.6 Å². The number of imidazole rings is 1. The molecule has 1 aliphatic heterocycles. The van der Waals surface area contributed by atoms with E-state index in [1.54, 1.807) is 6.20 Å². The first-order valence-corrected chi connectivity index (χ1v) is 10.6. The van der Waals surface area contributed by atoms with Gasteiger partial charge in [-0.15, -0.1) is 0 Å². The van der Waals surface area contributed by atoms with Crippen molar-refractivity contribution in [2.75, 3.05) is 5.32 Å². The summed E-state index contributed by atoms with van der Waals surface area (Å²) in [6.45, 7) is 2.62. The number of nitrogens with zero attached hydrogens (tertiary/aromatic N) is 4. The first-order chi connectivity index (χ1) is 15.6. The van der Waals surface area contributed by atoms with Gasteiger partial charge in [0.05, 0.1) is 12.1 Å². The molecule has 6 rings (SSSR count). The van der Waals surface area contributed by atoms with Crippen molar-refractivity contribution in [1.82, 2.24) is 19.7 Å². The number of alkyl halides is 1. The van der Waals surface area contributed by atoms with Crippen molar-refractivity contribution in [3.05, 3.63) is 71.4 Å². The molecule has 32 heavy (non-hydrogen) atoms. The Labute approximate surface area is 183 Å². The van der Waals surface area contributed by atoms with Gasteiger partial charge >= 0.3 is 0 Å². The van der Waals surface area contributed by atoms with Gasteiger partial charge < -0.3 is 14.4 Å². The van der Waals surface area contributed by atoms with E-state index in [0.29, 0.717) is 41.6 Å². The first kappa shape index (κ1) is 18.9. The molecule has 0 spiro atoms. The van der Waals surface area contributed by atoms with E-state index in [2.05, 4.69) is 26.5 Å². The standard InChI is InChI=1S/C24H20FN5O2/c1-13-6-7-15(21-28-24(32-29-21)17-11-18(17)25)10-19(13)27-23(31)20-12-26-22-16-5-3-2-4-14(16)8-9-30(20)22/h2-7,10,12,17-18H,8-9,11H2,1H3,(H,27,31)/t17-,18-/m0/s1. The van der Waals surface area contributed by atoms with Crippen LogP contribution >= 0.6 is 0 Å². The molecule has 0 saturated heterocycles. The molecule has 0 unspecified atom stereocenters. The third-order valence-corrected chi connectivity index (χ3v) is 6.17. The number of hydrogen-bond donors (Lipinski definition) is 1. The van der Waals surface area contributed by atoms with Crippen molar-refractivity contribution in [3.63, 3.8) is 0 Å². The second-order valence-corrected chi connectivity index (χ2v) is 8.32. The zero-order valence-corrected chi connectivity index (χ0v) is 17.4. The molecule has 2 aliphatic rings. The van der Waals surface area contributed by atoms with Gasteiger partial charge in [0.15, 0.2) is 0 Å². The number of benzene rings is 2. The molecular weight excluding hydrogens is 409 g/mol. The van der Waals surface area contributed by atoms with Gasteiger partial charge in [-0.2, -0.15) is 4.98 Å². The minimum absolute atomic E-state index is 0.226. The fourth-order valence-electron chi connectivity index (χ4n) is 4.19. The summed E-state index contributed by atoms with van der Waals surface area (Å²) in [6.07, 6.45) is 2.01. The lowest BCUT2D eigenvalue weighted by Gasteiger charge is -2.19. The van der Waals surface area contributed by atoms with Crippen LogP contribution in [0.4, 0.5) is 10.1 Å². The summed E-state index contributed by atoms with van der Waals surface area (Å²) in [5, 5.41) is 6.98. The Kier molecular flexibility index (Phi) is 4.21. The van der Waals surface area contributed by atoms with Gasteiger partial charge in [0, 0.05) is 23.4 Å². The number of halogens is 1. The highest BCUT2D eigenvalue weighted by molar-refractivity contribution is 6.04. The molecule has 2 aromatic heterocycles. The van der Waals surface area contributed by atoms with Gasteiger partial charge in [0.25, 0.3) is 5.91 Å². The van der Waals surface area contributed by atoms with E-state index in [1.165, 1.54) is 5.56 Å². The van der Waals surface area contributed by atoms with Crippen molar-refractivity contribution in [3.8, 4) is 22.8 Å². The van der Waals surface area contributed by atoms with Crippen LogP contribution in [-0.2, 0) is 13.0 Å². The van der Waals surface area contributed by atoms with Crippen LogP contribution in [0.3, 0.4) is 0 Å². The van der Waals surface area contributed by atoms with Gasteiger partial charge in [0.2, 0.25) is 11.7 Å². The number of anilines is 1. The summed E-state index contributed by atoms with van der Waals surface area (Å²) in [5.74, 6) is 1.00. The number of nitrogens with one attached hydrogen (secondary N) is 1. The van der Waals surface area contributed by atoms with E-state index in [1.807, 2.05) is 47.9 Å². The minimum Gasteiger partial charge on any atom is -0.339 e. The van der Waals surface area contributed by atoms with Gasteiger partial charge in [-0.05, 0) is 37.0 Å². The lowest BCUT2D eigenvalue weighted by Crippen LogP contribution is -2.20. The average Bonchev–Trinajstić information content (AvgIpc) is 3.19. The third kappa shape index (κ3) is 3.10. The zero-order chi connectivity index (χ0) is 21.8. The Morgan fingerprint density at radius 1 is 1.25 bits per heavy atom. The molecule has 4 aromatic rings. The summed E-state index contributed by atoms with van der Waals surface area (Å²) in [5.41, 5.74) is 5.08. The summed E-state index contributed by atoms with van der Waals surface area (Å²) < 4.78 is 20.5. The molecule has 1 amide bonds. The lowest BCUT2D eigenvalue weighted by molar-refractivity contribution is 0.101. The van der Waals surface area contributed by atoms with Crippen LogP contribution in [0.2, 0.25) is 0 Å². The Morgan fingerprint density at radius 3 is 2.94 bits per heavy atom. The maximum absolute atomic E-state index is 13.3. The van der Waals surface area contributed by atoms with E-state index >= 15 is 0 Å². The topological polar surface area (TPSA) is 85.8 Å². The molecule has 7 nitrogen and oxygen atoms in total. The highest BCUT2D eigenvalue weighted by atomic mass is 19.1. The van der Waals surface area contributed by atoms with Crippen molar-refractivity contribution in [1.29, 1.82) is 0 Å². The number of aromatic nitrogens is 4. The third-order valence-electron chi connectivity index (χ3n) is 6.17. The predicted molar refractivity (Wildman–Crippen MR) is 116 cm³/mol. The maximum atomic E-state index is 13.3. The zero-order valence-electron chi connectivity index (χ0n) is 17.4. The maximum Gasteiger partial charge on any atom is 0.273 e. The van der Waals surface area contributed by atoms with Crippen LogP contribution in [0.15, 0.2) is 53.2 Å². The Balaban J connectivity index is 1.27. The molecule has 2 atom stereocenters. The van der Waals surface area contributed by atoms with Crippen molar-refractivity contribution in [2.45, 2.75) is 38.4 Å². The fraction of sp³-hybridized carbons (Fsp3) is 0.250. The normalized spacial score (nSPS) is 18.7. The molecule has 3 heterocycles. The minimum atomic E-state index is -0.898. The van der Waals surface area contributed by atoms with Crippen molar-refractivity contribution in [2.24, 2.45) is 0 Å². The van der Waals surface area contributed by atoms with Crippen LogP contribution in [-0.4, -0.2) is 31.8 Å². The molecule has 0 bridgehead atoms.